The van der Waals surface area contributed by atoms with Crippen molar-refractivity contribution in [3.05, 3.63) is 30.7 Å². The summed E-state index contributed by atoms with van der Waals surface area (Å²) in [6.45, 7) is 0. The molecule has 0 bridgehead atoms. The highest BCUT2D eigenvalue weighted by molar-refractivity contribution is 5.41. The fraction of sp³-hybridized carbons (Fsp3) is 0.286. The molecule has 0 heterocycles. The third kappa shape index (κ3) is 0.903. The summed E-state index contributed by atoms with van der Waals surface area (Å²) in [7, 11) is 2.39. The topological polar surface area (TPSA) is 69.7 Å². The Kier molecular flexibility index (Phi) is 1.95. The van der Waals surface area contributed by atoms with Crippen molar-refractivity contribution in [1.82, 2.24) is 0 Å². The van der Waals surface area contributed by atoms with Crippen molar-refractivity contribution in [2.75, 3.05) is 14.2 Å². The van der Waals surface area contributed by atoms with E-state index < -0.39 is 16.3 Å². The van der Waals surface area contributed by atoms with Crippen molar-refractivity contribution in [3.8, 4) is 11.5 Å². The number of ether oxygens (including phenoxy) is 2. The monoisotopic (exact) mass is 170 g/mol. The lowest BCUT2D eigenvalue weighted by atomic mass is 10.5. The lowest BCUT2D eigenvalue weighted by Gasteiger charge is -1.96. The molecular weight excluding hydrogens is 164 g/mol. The predicted octanol–water partition coefficient (Wildman–Crippen LogP) is -1.34. The zero-order valence-electron chi connectivity index (χ0n) is 6.54. The summed E-state index contributed by atoms with van der Waals surface area (Å²) in [6.07, 6.45) is 0. The minimum Gasteiger partial charge on any atom is -0.489 e. The highest BCUT2D eigenvalue weighted by Gasteiger charge is 2.20. The first kappa shape index (κ1) is 8.45. The summed E-state index contributed by atoms with van der Waals surface area (Å²) in [5.74, 6) is -0.625. The quantitative estimate of drug-likeness (QED) is 0.514. The van der Waals surface area contributed by atoms with Gasteiger partial charge in [0.2, 0.25) is 11.5 Å². The summed E-state index contributed by atoms with van der Waals surface area (Å²) < 4.78 is 9.06. The van der Waals surface area contributed by atoms with Crippen LogP contribution in [0.1, 0.15) is 0 Å². The predicted molar refractivity (Wildman–Crippen MR) is 40.7 cm³/mol. The average molecular weight is 170 g/mol. The second-order valence-electron chi connectivity index (χ2n) is 2.05. The standard InChI is InChI=1S/C7H6O5/c1-11-6-4(9)3(8)5(10)7(6)12-2/h1-2H3. The van der Waals surface area contributed by atoms with Crippen LogP contribution in [0.5, 0.6) is 11.5 Å². The first-order valence-electron chi connectivity index (χ1n) is 3.09. The van der Waals surface area contributed by atoms with Gasteiger partial charge in [-0.25, -0.2) is 0 Å². The molecule has 0 aliphatic heterocycles. The molecule has 0 fully saturated rings. The SMILES string of the molecule is COc1c(OC)c(=O)c(=O)c1=O. The van der Waals surface area contributed by atoms with Crippen LogP contribution in [0.15, 0.2) is 14.4 Å². The molecule has 0 spiro atoms. The Labute approximate surface area is 66.9 Å². The van der Waals surface area contributed by atoms with Crippen LogP contribution in [0.4, 0.5) is 0 Å². The van der Waals surface area contributed by atoms with Crippen molar-refractivity contribution < 1.29 is 9.47 Å². The summed E-state index contributed by atoms with van der Waals surface area (Å²) in [6, 6.07) is 0. The Morgan fingerprint density at radius 3 is 1.33 bits per heavy atom. The van der Waals surface area contributed by atoms with E-state index in [0.29, 0.717) is 0 Å². The Bertz CT molecular complexity index is 385. The molecule has 1 aromatic carbocycles. The smallest absolute Gasteiger partial charge is 0.280 e. The number of hydrogen-bond acceptors (Lipinski definition) is 5. The van der Waals surface area contributed by atoms with Gasteiger partial charge in [0.05, 0.1) is 14.2 Å². The van der Waals surface area contributed by atoms with Gasteiger partial charge in [-0.2, -0.15) is 0 Å². The molecule has 1 rings (SSSR count). The van der Waals surface area contributed by atoms with E-state index in [0.717, 1.165) is 0 Å². The molecule has 0 N–H and O–H groups in total. The molecule has 0 saturated carbocycles. The molecule has 5 heteroatoms. The lowest BCUT2D eigenvalue weighted by Crippen LogP contribution is -2.29. The van der Waals surface area contributed by atoms with Crippen LogP contribution >= 0.6 is 0 Å². The first-order chi connectivity index (χ1) is 5.63. The van der Waals surface area contributed by atoms with Crippen LogP contribution < -0.4 is 25.8 Å². The van der Waals surface area contributed by atoms with Crippen molar-refractivity contribution in [1.29, 1.82) is 0 Å². The van der Waals surface area contributed by atoms with E-state index in [1.54, 1.807) is 0 Å². The Morgan fingerprint density at radius 1 is 0.750 bits per heavy atom. The Balaban J connectivity index is 3.68. The van der Waals surface area contributed by atoms with Crippen LogP contribution in [0.25, 0.3) is 0 Å². The fourth-order valence-corrected chi connectivity index (χ4v) is 0.886. The van der Waals surface area contributed by atoms with E-state index in [1.807, 2.05) is 0 Å². The normalized spacial score (nSPS) is 9.83. The Hall–Kier alpha value is -1.65. The molecule has 12 heavy (non-hydrogen) atoms. The maximum absolute atomic E-state index is 10.9. The third-order valence-electron chi connectivity index (χ3n) is 1.44. The molecule has 0 unspecified atom stereocenters. The van der Waals surface area contributed by atoms with Gasteiger partial charge in [-0.05, 0) is 0 Å². The maximum atomic E-state index is 10.9. The summed E-state index contributed by atoms with van der Waals surface area (Å²) in [5, 5.41) is 0. The first-order valence-corrected chi connectivity index (χ1v) is 3.09. The van der Waals surface area contributed by atoms with Gasteiger partial charge in [0.15, 0.2) is 0 Å². The highest BCUT2D eigenvalue weighted by Crippen LogP contribution is 2.14. The second-order valence-corrected chi connectivity index (χ2v) is 2.05. The summed E-state index contributed by atoms with van der Waals surface area (Å²) >= 11 is 0. The van der Waals surface area contributed by atoms with Crippen LogP contribution in [0, 0.1) is 0 Å². The minimum atomic E-state index is -1.11. The van der Waals surface area contributed by atoms with Gasteiger partial charge in [-0.1, -0.05) is 0 Å². The second kappa shape index (κ2) is 2.77. The van der Waals surface area contributed by atoms with Crippen LogP contribution in [-0.4, -0.2) is 14.2 Å². The Morgan fingerprint density at radius 2 is 1.08 bits per heavy atom. The molecule has 0 radical (unpaired) electrons. The minimum absolute atomic E-state index is 0.312. The molecular formula is C7H6O5. The van der Waals surface area contributed by atoms with E-state index in [1.165, 1.54) is 14.2 Å². The van der Waals surface area contributed by atoms with E-state index in [-0.39, 0.29) is 11.5 Å². The molecule has 0 amide bonds. The lowest BCUT2D eigenvalue weighted by molar-refractivity contribution is 0.354. The molecule has 5 nitrogen and oxygen atoms in total. The average Bonchev–Trinajstić information content (AvgIpc) is 2.29. The molecule has 0 atom stereocenters. The maximum Gasteiger partial charge on any atom is 0.280 e. The zero-order chi connectivity index (χ0) is 9.30. The molecule has 0 aromatic heterocycles. The summed E-state index contributed by atoms with van der Waals surface area (Å²) in [4.78, 5) is 32.5. The van der Waals surface area contributed by atoms with E-state index >= 15 is 0 Å². The van der Waals surface area contributed by atoms with Gasteiger partial charge in [-0.15, -0.1) is 0 Å². The van der Waals surface area contributed by atoms with Gasteiger partial charge >= 0.3 is 0 Å². The van der Waals surface area contributed by atoms with Gasteiger partial charge in [0.25, 0.3) is 16.3 Å². The number of hydrogen-bond donors (Lipinski definition) is 0. The van der Waals surface area contributed by atoms with Gasteiger partial charge in [0.1, 0.15) is 0 Å². The van der Waals surface area contributed by atoms with Crippen LogP contribution in [0.3, 0.4) is 0 Å². The van der Waals surface area contributed by atoms with Crippen molar-refractivity contribution >= 4 is 0 Å². The van der Waals surface area contributed by atoms with Crippen molar-refractivity contribution in [3.63, 3.8) is 0 Å². The number of methoxy groups -OCH3 is 2. The molecule has 1 aromatic rings. The highest BCUT2D eigenvalue weighted by atomic mass is 16.5. The van der Waals surface area contributed by atoms with Crippen molar-refractivity contribution in [2.45, 2.75) is 0 Å². The fourth-order valence-electron chi connectivity index (χ4n) is 0.886. The van der Waals surface area contributed by atoms with Crippen molar-refractivity contribution in [2.24, 2.45) is 0 Å². The molecule has 0 aliphatic carbocycles. The largest absolute Gasteiger partial charge is 0.489 e. The van der Waals surface area contributed by atoms with E-state index in [4.69, 9.17) is 0 Å². The molecule has 64 valence electrons. The van der Waals surface area contributed by atoms with Gasteiger partial charge in [-0.3, -0.25) is 14.4 Å². The number of rotatable bonds is 2. The molecule has 0 saturated heterocycles. The van der Waals surface area contributed by atoms with E-state index in [9.17, 15) is 14.4 Å². The van der Waals surface area contributed by atoms with Gasteiger partial charge in [0, 0.05) is 0 Å². The van der Waals surface area contributed by atoms with Crippen LogP contribution in [-0.2, 0) is 0 Å². The van der Waals surface area contributed by atoms with Gasteiger partial charge < -0.3 is 9.47 Å². The zero-order valence-corrected chi connectivity index (χ0v) is 6.54. The van der Waals surface area contributed by atoms with E-state index in [2.05, 4.69) is 9.47 Å². The third-order valence-corrected chi connectivity index (χ3v) is 1.44. The molecule has 0 aliphatic rings. The summed E-state index contributed by atoms with van der Waals surface area (Å²) in [5.41, 5.74) is -3.00. The van der Waals surface area contributed by atoms with Crippen LogP contribution in [0.2, 0.25) is 0 Å².